The standard InChI is InChI=1S/C19H32N2.C11H13N.C9H21ClN.2BrH.ClH/c1-7-21(6,8-2)15-11-14-20-16(3)19(4,5)17-12-9-10-13-18(17)20;1-8-11(2,3)9-6-4-5-7-10(9)12-8;1-4-11(5-2,6-3)9-7-8-10;;;/h9-10,12-13H,7-8,11,14-15H2,1-6H3;4-7H,1-3H3;4-9H2,1-3H3;3*1H/q+2;;+1;;;/p-3. The van der Waals surface area contributed by atoms with E-state index in [4.69, 9.17) is 11.6 Å². The van der Waals surface area contributed by atoms with Gasteiger partial charge in [-0.25, -0.2) is 0 Å². The van der Waals surface area contributed by atoms with Crippen molar-refractivity contribution in [1.29, 1.82) is 0 Å². The van der Waals surface area contributed by atoms with Crippen LogP contribution < -0.4 is 46.4 Å². The van der Waals surface area contributed by atoms with Crippen LogP contribution in [0.3, 0.4) is 0 Å². The van der Waals surface area contributed by atoms with Crippen LogP contribution in [-0.2, 0) is 10.8 Å². The maximum atomic E-state index is 5.67. The van der Waals surface area contributed by atoms with Crippen molar-refractivity contribution in [3.05, 3.63) is 59.7 Å². The molecule has 270 valence electrons. The van der Waals surface area contributed by atoms with Crippen molar-refractivity contribution in [2.24, 2.45) is 4.99 Å². The molecule has 2 aliphatic heterocycles. The Balaban J connectivity index is 0. The number of aliphatic imine (C=N–C) groups is 1. The van der Waals surface area contributed by atoms with Crippen LogP contribution in [0.15, 0.2) is 53.5 Å². The van der Waals surface area contributed by atoms with Gasteiger partial charge in [0.2, 0.25) is 5.69 Å². The Hall–Kier alpha value is -0.760. The number of hydrogen-bond donors (Lipinski definition) is 0. The number of alkyl halides is 1. The lowest BCUT2D eigenvalue weighted by molar-refractivity contribution is -0.923. The molecule has 0 atom stereocenters. The molecule has 0 spiro atoms. The summed E-state index contributed by atoms with van der Waals surface area (Å²) in [7, 11) is 2.37. The van der Waals surface area contributed by atoms with E-state index in [0.717, 1.165) is 24.5 Å². The maximum absolute atomic E-state index is 5.67. The molecule has 4 rings (SSSR count). The second kappa shape index (κ2) is 21.5. The molecule has 0 bridgehead atoms. The van der Waals surface area contributed by atoms with Gasteiger partial charge in [-0.05, 0) is 67.0 Å². The van der Waals surface area contributed by atoms with Gasteiger partial charge in [-0.1, -0.05) is 50.2 Å². The van der Waals surface area contributed by atoms with Gasteiger partial charge >= 0.3 is 0 Å². The van der Waals surface area contributed by atoms with Crippen molar-refractivity contribution in [2.45, 2.75) is 99.8 Å². The summed E-state index contributed by atoms with van der Waals surface area (Å²) in [6.45, 7) is 34.7. The first-order chi connectivity index (χ1) is 20.7. The highest BCUT2D eigenvalue weighted by atomic mass is 79.9. The van der Waals surface area contributed by atoms with Gasteiger partial charge in [0.25, 0.3) is 0 Å². The highest BCUT2D eigenvalue weighted by Gasteiger charge is 2.42. The first-order valence-electron chi connectivity index (χ1n) is 17.3. The van der Waals surface area contributed by atoms with Crippen molar-refractivity contribution in [2.75, 3.05) is 65.3 Å². The summed E-state index contributed by atoms with van der Waals surface area (Å²) < 4.78 is 4.95. The third-order valence-electron chi connectivity index (χ3n) is 11.3. The number of benzene rings is 2. The van der Waals surface area contributed by atoms with Crippen LogP contribution in [0.25, 0.3) is 0 Å². The van der Waals surface area contributed by atoms with Gasteiger partial charge in [-0.15, -0.1) is 11.6 Å². The van der Waals surface area contributed by atoms with Crippen LogP contribution >= 0.6 is 11.6 Å². The number of quaternary nitrogens is 2. The van der Waals surface area contributed by atoms with Gasteiger partial charge in [0.1, 0.15) is 0 Å². The molecule has 47 heavy (non-hydrogen) atoms. The van der Waals surface area contributed by atoms with Crippen LogP contribution in [0.4, 0.5) is 11.4 Å². The minimum Gasteiger partial charge on any atom is -1.00 e. The van der Waals surface area contributed by atoms with E-state index in [0.29, 0.717) is 0 Å². The predicted molar refractivity (Wildman–Crippen MR) is 196 cm³/mol. The Kier molecular flexibility index (Phi) is 22.1. The van der Waals surface area contributed by atoms with E-state index < -0.39 is 0 Å². The SMILES string of the molecule is CC1=Nc2ccccc2C1(C)C.CC[N+](C)(CC)CCC[N+]1=C(C)C(C)(C)c2ccccc21.CC[N+](CC)(CC)CCCCl.[Br-].[Br-].[Cl-]. The normalized spacial score (nSPS) is 15.3. The molecule has 0 amide bonds. The molecule has 8 heteroatoms. The molecule has 0 saturated carbocycles. The average molecular weight is 822 g/mol. The first kappa shape index (κ1) is 48.4. The molecule has 2 aromatic rings. The van der Waals surface area contributed by atoms with Gasteiger partial charge in [-0.3, -0.25) is 4.99 Å². The summed E-state index contributed by atoms with van der Waals surface area (Å²) in [5.41, 5.74) is 8.39. The van der Waals surface area contributed by atoms with E-state index in [9.17, 15) is 0 Å². The van der Waals surface area contributed by atoms with Gasteiger partial charge in [0.05, 0.1) is 70.4 Å². The van der Waals surface area contributed by atoms with Gasteiger partial charge in [-0.2, -0.15) is 4.58 Å². The van der Waals surface area contributed by atoms with Gasteiger partial charge in [0.15, 0.2) is 12.3 Å². The summed E-state index contributed by atoms with van der Waals surface area (Å²) in [5.74, 6) is 0.806. The Morgan fingerprint density at radius 3 is 1.70 bits per heavy atom. The van der Waals surface area contributed by atoms with Gasteiger partial charge in [0, 0.05) is 42.0 Å². The minimum atomic E-state index is 0. The van der Waals surface area contributed by atoms with E-state index in [1.165, 1.54) is 89.4 Å². The number of hydrogen-bond acceptors (Lipinski definition) is 1. The molecule has 0 radical (unpaired) electrons. The number of rotatable bonds is 12. The molecule has 2 aliphatic rings. The van der Waals surface area contributed by atoms with Crippen molar-refractivity contribution in [3.63, 3.8) is 0 Å². The molecule has 2 aromatic carbocycles. The fraction of sp³-hybridized carbons (Fsp3) is 0.641. The molecule has 0 aliphatic carbocycles. The van der Waals surface area contributed by atoms with E-state index in [2.05, 4.69) is 135 Å². The molecule has 2 heterocycles. The van der Waals surface area contributed by atoms with Crippen molar-refractivity contribution >= 4 is 34.4 Å². The predicted octanol–water partition coefficient (Wildman–Crippen LogP) is 0.533. The first-order valence-corrected chi connectivity index (χ1v) is 17.9. The van der Waals surface area contributed by atoms with E-state index in [1.54, 1.807) is 0 Å². The van der Waals surface area contributed by atoms with Crippen molar-refractivity contribution in [3.8, 4) is 0 Å². The molecular formula is C39H66Br2Cl2N4. The summed E-state index contributed by atoms with van der Waals surface area (Å²) >= 11 is 5.67. The Labute approximate surface area is 322 Å². The average Bonchev–Trinajstić information content (AvgIpc) is 3.38. The van der Waals surface area contributed by atoms with E-state index in [1.807, 2.05) is 6.07 Å². The highest BCUT2D eigenvalue weighted by Crippen LogP contribution is 2.40. The smallest absolute Gasteiger partial charge is 0.209 e. The summed E-state index contributed by atoms with van der Waals surface area (Å²) in [5, 5.41) is 0. The van der Waals surface area contributed by atoms with Crippen molar-refractivity contribution in [1.82, 2.24) is 0 Å². The van der Waals surface area contributed by atoms with Crippen LogP contribution in [0, 0.1) is 0 Å². The Bertz CT molecular complexity index is 1260. The maximum Gasteiger partial charge on any atom is 0.209 e. The summed E-state index contributed by atoms with van der Waals surface area (Å²) in [6, 6.07) is 17.3. The summed E-state index contributed by atoms with van der Waals surface area (Å²) in [6.07, 6.45) is 2.40. The molecule has 4 nitrogen and oxygen atoms in total. The number of fused-ring (bicyclic) bond motifs is 2. The monoisotopic (exact) mass is 818 g/mol. The fourth-order valence-corrected chi connectivity index (χ4v) is 6.66. The second-order valence-corrected chi connectivity index (χ2v) is 14.5. The summed E-state index contributed by atoms with van der Waals surface area (Å²) in [4.78, 5) is 4.52. The van der Waals surface area contributed by atoms with Crippen LogP contribution in [-0.4, -0.2) is 90.3 Å². The van der Waals surface area contributed by atoms with Crippen LogP contribution in [0.1, 0.15) is 100 Å². The number of halogens is 4. The van der Waals surface area contributed by atoms with Crippen molar-refractivity contribution < 1.29 is 59.9 Å². The largest absolute Gasteiger partial charge is 1.00 e. The highest BCUT2D eigenvalue weighted by molar-refractivity contribution is 6.17. The lowest BCUT2D eigenvalue weighted by Gasteiger charge is -2.35. The lowest BCUT2D eigenvalue weighted by atomic mass is 9.82. The Morgan fingerprint density at radius 1 is 0.702 bits per heavy atom. The molecule has 0 fully saturated rings. The second-order valence-electron chi connectivity index (χ2n) is 14.1. The quantitative estimate of drug-likeness (QED) is 0.169. The molecule has 0 unspecified atom stereocenters. The third-order valence-corrected chi connectivity index (χ3v) is 11.6. The lowest BCUT2D eigenvalue weighted by Crippen LogP contribution is -3.00. The fourth-order valence-electron chi connectivity index (χ4n) is 6.54. The van der Waals surface area contributed by atoms with Gasteiger partial charge < -0.3 is 55.3 Å². The molecule has 0 saturated heterocycles. The van der Waals surface area contributed by atoms with E-state index >= 15 is 0 Å². The van der Waals surface area contributed by atoms with E-state index in [-0.39, 0.29) is 57.2 Å². The minimum absolute atomic E-state index is 0. The third kappa shape index (κ3) is 11.9. The number of nitrogens with zero attached hydrogens (tertiary/aromatic N) is 4. The zero-order valence-corrected chi connectivity index (χ0v) is 36.4. The van der Waals surface area contributed by atoms with Crippen LogP contribution in [0.5, 0.6) is 0 Å². The topological polar surface area (TPSA) is 15.4 Å². The zero-order chi connectivity index (χ0) is 33.2. The molecular weight excluding hydrogens is 755 g/mol. The Morgan fingerprint density at radius 2 is 1.21 bits per heavy atom. The van der Waals surface area contributed by atoms with Crippen LogP contribution in [0.2, 0.25) is 0 Å². The number of para-hydroxylation sites is 2. The molecule has 0 aromatic heterocycles. The molecule has 0 N–H and O–H groups in total. The zero-order valence-electron chi connectivity index (χ0n) is 31.7.